The van der Waals surface area contributed by atoms with Crippen LogP contribution in [0, 0.1) is 0 Å². The first-order valence-electron chi connectivity index (χ1n) is 7.20. The van der Waals surface area contributed by atoms with Crippen LogP contribution in [0.2, 0.25) is 0 Å². The van der Waals surface area contributed by atoms with E-state index in [9.17, 15) is 9.59 Å². The van der Waals surface area contributed by atoms with Crippen LogP contribution in [-0.2, 0) is 11.2 Å². The maximum absolute atomic E-state index is 12.2. The number of H-pyrrole nitrogens is 1. The molecule has 3 rings (SSSR count). The molecule has 1 aromatic heterocycles. The van der Waals surface area contributed by atoms with Crippen molar-refractivity contribution in [2.45, 2.75) is 12.5 Å². The van der Waals surface area contributed by atoms with Gasteiger partial charge in [-0.2, -0.15) is 0 Å². The summed E-state index contributed by atoms with van der Waals surface area (Å²) in [5.74, 6) is -0.974. The van der Waals surface area contributed by atoms with E-state index in [4.69, 9.17) is 5.73 Å². The summed E-state index contributed by atoms with van der Waals surface area (Å²) in [6, 6.07) is 12.2. The number of aromatic nitrogens is 2. The molecule has 0 bridgehead atoms. The van der Waals surface area contributed by atoms with E-state index in [1.807, 2.05) is 30.3 Å². The third-order valence-corrected chi connectivity index (χ3v) is 3.58. The molecule has 0 aliphatic rings. The van der Waals surface area contributed by atoms with Gasteiger partial charge in [0.25, 0.3) is 5.91 Å². The Labute approximate surface area is 132 Å². The van der Waals surface area contributed by atoms with Crippen molar-refractivity contribution in [2.75, 3.05) is 0 Å². The van der Waals surface area contributed by atoms with Gasteiger partial charge in [0.1, 0.15) is 0 Å². The fourth-order valence-electron chi connectivity index (χ4n) is 2.33. The second kappa shape index (κ2) is 6.41. The first-order chi connectivity index (χ1) is 11.1. The van der Waals surface area contributed by atoms with Crippen LogP contribution >= 0.6 is 0 Å². The van der Waals surface area contributed by atoms with Gasteiger partial charge in [-0.05, 0) is 22.9 Å². The van der Waals surface area contributed by atoms with Gasteiger partial charge in [-0.1, -0.05) is 30.3 Å². The maximum atomic E-state index is 12.2. The predicted molar refractivity (Wildman–Crippen MR) is 86.7 cm³/mol. The van der Waals surface area contributed by atoms with E-state index >= 15 is 0 Å². The lowest BCUT2D eigenvalue weighted by Gasteiger charge is -2.10. The third kappa shape index (κ3) is 3.44. The number of benzene rings is 2. The number of imidazole rings is 1. The third-order valence-electron chi connectivity index (χ3n) is 3.58. The Kier molecular flexibility index (Phi) is 4.16. The highest BCUT2D eigenvalue weighted by Crippen LogP contribution is 2.15. The molecule has 6 heteroatoms. The zero-order valence-corrected chi connectivity index (χ0v) is 12.3. The molecular formula is C17H16N4O2. The number of carbonyl (C=O) groups is 2. The van der Waals surface area contributed by atoms with Crippen LogP contribution in [0.4, 0.5) is 0 Å². The minimum atomic E-state index is -0.820. The Morgan fingerprint density at radius 2 is 1.96 bits per heavy atom. The van der Waals surface area contributed by atoms with E-state index < -0.39 is 17.9 Å². The van der Waals surface area contributed by atoms with Crippen molar-refractivity contribution in [1.82, 2.24) is 15.3 Å². The molecule has 0 unspecified atom stereocenters. The van der Waals surface area contributed by atoms with Gasteiger partial charge in [-0.3, -0.25) is 14.9 Å². The smallest absolute Gasteiger partial charge is 0.257 e. The first-order valence-corrected chi connectivity index (χ1v) is 7.20. The number of hydrogen-bond acceptors (Lipinski definition) is 4. The molecule has 0 saturated carbocycles. The highest BCUT2D eigenvalue weighted by Gasteiger charge is 2.18. The number of hydrogen-bond donors (Lipinski definition) is 3. The summed E-state index contributed by atoms with van der Waals surface area (Å²) in [7, 11) is 0. The largest absolute Gasteiger partial charge is 0.348 e. The average molecular weight is 308 g/mol. The fourth-order valence-corrected chi connectivity index (χ4v) is 2.33. The summed E-state index contributed by atoms with van der Waals surface area (Å²) in [4.78, 5) is 31.0. The Bertz CT molecular complexity index is 843. The van der Waals surface area contributed by atoms with Crippen molar-refractivity contribution in [3.63, 3.8) is 0 Å². The normalized spacial score (nSPS) is 12.0. The van der Waals surface area contributed by atoms with Crippen LogP contribution in [0.5, 0.6) is 0 Å². The van der Waals surface area contributed by atoms with Gasteiger partial charge < -0.3 is 10.7 Å². The molecule has 3 aromatic rings. The van der Waals surface area contributed by atoms with Crippen LogP contribution in [0.1, 0.15) is 16.1 Å². The zero-order chi connectivity index (χ0) is 16.2. The van der Waals surface area contributed by atoms with Crippen LogP contribution in [-0.4, -0.2) is 27.8 Å². The standard InChI is InChI=1S/C17H16N4O2/c18-15(8-14-9-19-10-20-14)17(23)21-16(22)13-6-5-11-3-1-2-4-12(11)7-13/h1-7,9-10,15H,8,18H2,(H,19,20)(H,21,22,23)/t15-/m0/s1. The molecular weight excluding hydrogens is 292 g/mol. The van der Waals surface area contributed by atoms with Crippen LogP contribution in [0.3, 0.4) is 0 Å². The van der Waals surface area contributed by atoms with Crippen molar-refractivity contribution in [3.8, 4) is 0 Å². The van der Waals surface area contributed by atoms with Gasteiger partial charge in [-0.25, -0.2) is 4.98 Å². The van der Waals surface area contributed by atoms with Crippen LogP contribution in [0.15, 0.2) is 55.0 Å². The van der Waals surface area contributed by atoms with Gasteiger partial charge in [0.2, 0.25) is 5.91 Å². The van der Waals surface area contributed by atoms with Crippen molar-refractivity contribution in [2.24, 2.45) is 5.73 Å². The van der Waals surface area contributed by atoms with Gasteiger partial charge in [0, 0.05) is 23.9 Å². The number of imide groups is 1. The molecule has 0 saturated heterocycles. The molecule has 2 aromatic carbocycles. The van der Waals surface area contributed by atoms with Gasteiger partial charge in [0.15, 0.2) is 0 Å². The molecule has 0 aliphatic heterocycles. The summed E-state index contributed by atoms with van der Waals surface area (Å²) in [6.07, 6.45) is 3.40. The minimum absolute atomic E-state index is 0.289. The lowest BCUT2D eigenvalue weighted by atomic mass is 10.1. The molecule has 1 heterocycles. The van der Waals surface area contributed by atoms with Crippen molar-refractivity contribution < 1.29 is 9.59 Å². The average Bonchev–Trinajstić information content (AvgIpc) is 3.07. The van der Waals surface area contributed by atoms with E-state index in [-0.39, 0.29) is 6.42 Å². The molecule has 0 radical (unpaired) electrons. The number of rotatable bonds is 4. The molecule has 6 nitrogen and oxygen atoms in total. The number of nitrogens with two attached hydrogens (primary N) is 1. The van der Waals surface area contributed by atoms with Crippen LogP contribution < -0.4 is 11.1 Å². The Morgan fingerprint density at radius 3 is 2.70 bits per heavy atom. The summed E-state index contributed by atoms with van der Waals surface area (Å²) in [5, 5.41) is 4.31. The Hall–Kier alpha value is -2.99. The SMILES string of the molecule is N[C@@H](Cc1cnc[nH]1)C(=O)NC(=O)c1ccc2ccccc2c1. The number of amides is 2. The van der Waals surface area contributed by atoms with Crippen molar-refractivity contribution >= 4 is 22.6 Å². The monoisotopic (exact) mass is 308 g/mol. The molecule has 0 aliphatic carbocycles. The van der Waals surface area contributed by atoms with Crippen molar-refractivity contribution in [1.29, 1.82) is 0 Å². The highest BCUT2D eigenvalue weighted by molar-refractivity contribution is 6.07. The number of aromatic amines is 1. The van der Waals surface area contributed by atoms with Crippen LogP contribution in [0.25, 0.3) is 10.8 Å². The molecule has 1 atom stereocenters. The quantitative estimate of drug-likeness (QED) is 0.678. The van der Waals surface area contributed by atoms with E-state index in [0.29, 0.717) is 5.56 Å². The highest BCUT2D eigenvalue weighted by atomic mass is 16.2. The van der Waals surface area contributed by atoms with Crippen molar-refractivity contribution in [3.05, 3.63) is 66.2 Å². The summed E-state index contributed by atoms with van der Waals surface area (Å²) >= 11 is 0. The second-order valence-corrected chi connectivity index (χ2v) is 5.27. The number of carbonyl (C=O) groups excluding carboxylic acids is 2. The second-order valence-electron chi connectivity index (χ2n) is 5.27. The zero-order valence-electron chi connectivity index (χ0n) is 12.3. The van der Waals surface area contributed by atoms with E-state index in [1.165, 1.54) is 6.33 Å². The minimum Gasteiger partial charge on any atom is -0.348 e. The summed E-state index contributed by atoms with van der Waals surface area (Å²) < 4.78 is 0. The fraction of sp³-hybridized carbons (Fsp3) is 0.118. The Morgan fingerprint density at radius 1 is 1.17 bits per heavy atom. The topological polar surface area (TPSA) is 101 Å². The maximum Gasteiger partial charge on any atom is 0.257 e. The Balaban J connectivity index is 1.68. The number of nitrogens with one attached hydrogen (secondary N) is 2. The molecule has 0 spiro atoms. The lowest BCUT2D eigenvalue weighted by Crippen LogP contribution is -2.44. The van der Waals surface area contributed by atoms with E-state index in [1.54, 1.807) is 18.3 Å². The molecule has 116 valence electrons. The summed E-state index contributed by atoms with van der Waals surface area (Å²) in [6.45, 7) is 0. The molecule has 4 N–H and O–H groups in total. The van der Waals surface area contributed by atoms with Gasteiger partial charge in [-0.15, -0.1) is 0 Å². The molecule has 23 heavy (non-hydrogen) atoms. The van der Waals surface area contributed by atoms with Gasteiger partial charge >= 0.3 is 0 Å². The van der Waals surface area contributed by atoms with E-state index in [2.05, 4.69) is 15.3 Å². The van der Waals surface area contributed by atoms with Gasteiger partial charge in [0.05, 0.1) is 12.4 Å². The molecule has 2 amide bonds. The lowest BCUT2D eigenvalue weighted by molar-refractivity contribution is -0.121. The predicted octanol–water partition coefficient (Wildman–Crippen LogP) is 1.39. The first kappa shape index (κ1) is 14.9. The summed E-state index contributed by atoms with van der Waals surface area (Å²) in [5.41, 5.74) is 6.98. The van der Waals surface area contributed by atoms with E-state index in [0.717, 1.165) is 16.5 Å². The molecule has 0 fully saturated rings. The number of fused-ring (bicyclic) bond motifs is 1. The number of nitrogens with zero attached hydrogens (tertiary/aromatic N) is 1.